The van der Waals surface area contributed by atoms with Gasteiger partial charge >= 0.3 is 5.97 Å². The predicted octanol–water partition coefficient (Wildman–Crippen LogP) is 2.96. The van der Waals surface area contributed by atoms with E-state index in [1.165, 1.54) is 12.4 Å². The molecule has 1 heterocycles. The van der Waals surface area contributed by atoms with Crippen LogP contribution in [0.25, 0.3) is 0 Å². The second kappa shape index (κ2) is 7.36. The normalized spacial score (nSPS) is 11.5. The molecule has 1 N–H and O–H groups in total. The Balaban J connectivity index is 2.03. The van der Waals surface area contributed by atoms with Gasteiger partial charge in [-0.3, -0.25) is 9.78 Å². The third-order valence-electron chi connectivity index (χ3n) is 3.23. The topological polar surface area (TPSA) is 68.3 Å². The summed E-state index contributed by atoms with van der Waals surface area (Å²) >= 11 is 0. The van der Waals surface area contributed by atoms with Gasteiger partial charge in [0.15, 0.2) is 6.10 Å². The molecule has 1 unspecified atom stereocenters. The number of benzene rings is 1. The van der Waals surface area contributed by atoms with E-state index in [-0.39, 0.29) is 5.91 Å². The van der Waals surface area contributed by atoms with Gasteiger partial charge in [-0.25, -0.2) is 4.79 Å². The van der Waals surface area contributed by atoms with Gasteiger partial charge < -0.3 is 10.1 Å². The van der Waals surface area contributed by atoms with E-state index in [1.807, 2.05) is 31.2 Å². The molecule has 0 saturated heterocycles. The maximum atomic E-state index is 12.3. The van der Waals surface area contributed by atoms with E-state index in [4.69, 9.17) is 4.74 Å². The Morgan fingerprint density at radius 2 is 1.86 bits per heavy atom. The number of amides is 1. The van der Waals surface area contributed by atoms with Crippen LogP contribution in [0.2, 0.25) is 0 Å². The molecule has 0 saturated carbocycles. The van der Waals surface area contributed by atoms with Crippen molar-refractivity contribution in [3.8, 4) is 0 Å². The quantitative estimate of drug-likeness (QED) is 0.862. The molecular formula is C17H18N2O3. The number of para-hydroxylation sites is 1. The summed E-state index contributed by atoms with van der Waals surface area (Å²) in [6.45, 7) is 3.70. The van der Waals surface area contributed by atoms with Crippen molar-refractivity contribution >= 4 is 17.6 Å². The Kier molecular flexibility index (Phi) is 5.25. The first kappa shape index (κ1) is 15.7. The maximum absolute atomic E-state index is 12.3. The molecule has 1 amide bonds. The number of carbonyl (C=O) groups excluding carboxylic acids is 2. The predicted molar refractivity (Wildman–Crippen MR) is 83.5 cm³/mol. The summed E-state index contributed by atoms with van der Waals surface area (Å²) < 4.78 is 5.28. The molecule has 22 heavy (non-hydrogen) atoms. The first-order valence-electron chi connectivity index (χ1n) is 7.09. The lowest BCUT2D eigenvalue weighted by molar-refractivity contribution is -0.124. The summed E-state index contributed by atoms with van der Waals surface area (Å²) in [5, 5.41) is 2.79. The highest BCUT2D eigenvalue weighted by atomic mass is 16.5. The molecule has 1 aromatic carbocycles. The number of nitrogens with zero attached hydrogens (tertiary/aromatic N) is 1. The molecule has 5 heteroatoms. The van der Waals surface area contributed by atoms with Crippen LogP contribution < -0.4 is 5.32 Å². The first-order chi connectivity index (χ1) is 10.6. The Morgan fingerprint density at radius 3 is 2.50 bits per heavy atom. The first-order valence-corrected chi connectivity index (χ1v) is 7.09. The summed E-state index contributed by atoms with van der Waals surface area (Å²) in [7, 11) is 0. The molecule has 2 rings (SSSR count). The van der Waals surface area contributed by atoms with E-state index in [9.17, 15) is 9.59 Å². The van der Waals surface area contributed by atoms with Gasteiger partial charge in [0.05, 0.1) is 5.56 Å². The molecule has 5 nitrogen and oxygen atoms in total. The molecule has 1 atom stereocenters. The number of anilines is 1. The molecule has 0 spiro atoms. The fourth-order valence-corrected chi connectivity index (χ4v) is 1.93. The van der Waals surface area contributed by atoms with Gasteiger partial charge in [0, 0.05) is 18.1 Å². The molecule has 114 valence electrons. The Labute approximate surface area is 129 Å². The zero-order valence-corrected chi connectivity index (χ0v) is 12.6. The average Bonchev–Trinajstić information content (AvgIpc) is 2.55. The smallest absolute Gasteiger partial charge is 0.339 e. The number of hydrogen-bond donors (Lipinski definition) is 1. The number of rotatable bonds is 5. The van der Waals surface area contributed by atoms with Gasteiger partial charge in [0.25, 0.3) is 5.91 Å². The molecule has 2 aromatic rings. The van der Waals surface area contributed by atoms with Gasteiger partial charge in [-0.15, -0.1) is 0 Å². The fraction of sp³-hybridized carbons (Fsp3) is 0.235. The van der Waals surface area contributed by atoms with E-state index >= 15 is 0 Å². The fourth-order valence-electron chi connectivity index (χ4n) is 1.93. The number of aryl methyl sites for hydroxylation is 1. The average molecular weight is 298 g/mol. The third kappa shape index (κ3) is 3.91. The monoisotopic (exact) mass is 298 g/mol. The van der Waals surface area contributed by atoms with Gasteiger partial charge in [0.1, 0.15) is 0 Å². The number of esters is 1. The van der Waals surface area contributed by atoms with E-state index in [0.29, 0.717) is 17.7 Å². The minimum absolute atomic E-state index is 0.334. The van der Waals surface area contributed by atoms with Crippen molar-refractivity contribution in [2.75, 3.05) is 5.32 Å². The van der Waals surface area contributed by atoms with Crippen LogP contribution in [-0.4, -0.2) is 23.0 Å². The highest BCUT2D eigenvalue weighted by Gasteiger charge is 2.22. The molecule has 0 aliphatic carbocycles. The molecule has 0 bridgehead atoms. The summed E-state index contributed by atoms with van der Waals surface area (Å²) in [5.41, 5.74) is 2.04. The number of aromatic nitrogens is 1. The Bertz CT molecular complexity index is 656. The lowest BCUT2D eigenvalue weighted by Gasteiger charge is -2.17. The largest absolute Gasteiger partial charge is 0.449 e. The molecule has 1 aromatic heterocycles. The van der Waals surface area contributed by atoms with Crippen LogP contribution in [0.5, 0.6) is 0 Å². The second-order valence-electron chi connectivity index (χ2n) is 4.84. The van der Waals surface area contributed by atoms with E-state index in [1.54, 1.807) is 19.1 Å². The van der Waals surface area contributed by atoms with Crippen molar-refractivity contribution in [3.05, 3.63) is 59.9 Å². The summed E-state index contributed by atoms with van der Waals surface area (Å²) in [6, 6.07) is 10.5. The summed E-state index contributed by atoms with van der Waals surface area (Å²) in [4.78, 5) is 28.1. The van der Waals surface area contributed by atoms with Crippen molar-refractivity contribution in [1.82, 2.24) is 4.98 Å². The minimum Gasteiger partial charge on any atom is -0.449 e. The van der Waals surface area contributed by atoms with Crippen molar-refractivity contribution in [2.45, 2.75) is 26.4 Å². The number of ether oxygens (including phenoxy) is 1. The van der Waals surface area contributed by atoms with Crippen LogP contribution in [0.15, 0.2) is 48.8 Å². The zero-order valence-electron chi connectivity index (χ0n) is 12.6. The zero-order chi connectivity index (χ0) is 15.9. The summed E-state index contributed by atoms with van der Waals surface area (Å²) in [5.74, 6) is -0.867. The second-order valence-corrected chi connectivity index (χ2v) is 4.84. The van der Waals surface area contributed by atoms with E-state index in [0.717, 1.165) is 5.56 Å². The van der Waals surface area contributed by atoms with Crippen LogP contribution >= 0.6 is 0 Å². The summed E-state index contributed by atoms with van der Waals surface area (Å²) in [6.07, 6.45) is 2.57. The molecule has 0 radical (unpaired) electrons. The van der Waals surface area contributed by atoms with E-state index < -0.39 is 12.1 Å². The van der Waals surface area contributed by atoms with Gasteiger partial charge in [-0.05, 0) is 37.1 Å². The molecule has 0 aliphatic rings. The number of nitrogens with one attached hydrogen (secondary N) is 1. The lowest BCUT2D eigenvalue weighted by Crippen LogP contribution is -2.32. The van der Waals surface area contributed by atoms with Crippen LogP contribution in [0.4, 0.5) is 5.69 Å². The van der Waals surface area contributed by atoms with Crippen LogP contribution in [0.3, 0.4) is 0 Å². The molecule has 0 fully saturated rings. The Hall–Kier alpha value is -2.69. The van der Waals surface area contributed by atoms with Gasteiger partial charge in [-0.2, -0.15) is 0 Å². The highest BCUT2D eigenvalue weighted by Crippen LogP contribution is 2.15. The molecular weight excluding hydrogens is 280 g/mol. The molecule has 0 aliphatic heterocycles. The number of pyridine rings is 1. The third-order valence-corrected chi connectivity index (χ3v) is 3.23. The van der Waals surface area contributed by atoms with Crippen LogP contribution in [0.1, 0.15) is 29.3 Å². The van der Waals surface area contributed by atoms with Crippen molar-refractivity contribution < 1.29 is 14.3 Å². The highest BCUT2D eigenvalue weighted by molar-refractivity contribution is 5.97. The SMILES string of the molecule is CCC(OC(=O)c1ccncc1)C(=O)Nc1ccccc1C. The number of hydrogen-bond acceptors (Lipinski definition) is 4. The van der Waals surface area contributed by atoms with Gasteiger partial charge in [-0.1, -0.05) is 25.1 Å². The number of carbonyl (C=O) groups is 2. The van der Waals surface area contributed by atoms with E-state index in [2.05, 4.69) is 10.3 Å². The van der Waals surface area contributed by atoms with Crippen molar-refractivity contribution in [3.63, 3.8) is 0 Å². The minimum atomic E-state index is -0.833. The Morgan fingerprint density at radius 1 is 1.18 bits per heavy atom. The standard InChI is InChI=1S/C17H18N2O3/c1-3-15(22-17(21)13-8-10-18-11-9-13)16(20)19-14-7-5-4-6-12(14)2/h4-11,15H,3H2,1-2H3,(H,19,20). The lowest BCUT2D eigenvalue weighted by atomic mass is 10.2. The van der Waals surface area contributed by atoms with Gasteiger partial charge in [0.2, 0.25) is 0 Å². The maximum Gasteiger partial charge on any atom is 0.339 e. The van der Waals surface area contributed by atoms with Crippen LogP contribution in [0, 0.1) is 6.92 Å². The van der Waals surface area contributed by atoms with Crippen LogP contribution in [-0.2, 0) is 9.53 Å². The van der Waals surface area contributed by atoms with Crippen molar-refractivity contribution in [2.24, 2.45) is 0 Å². The van der Waals surface area contributed by atoms with Crippen molar-refractivity contribution in [1.29, 1.82) is 0 Å².